The van der Waals surface area contributed by atoms with Crippen LogP contribution in [-0.4, -0.2) is 5.11 Å². The molecule has 2 aliphatic rings. The van der Waals surface area contributed by atoms with Crippen molar-refractivity contribution in [1.82, 2.24) is 0 Å². The zero-order valence-corrected chi connectivity index (χ0v) is 11.2. The number of aliphatic hydroxyl groups is 1. The molecule has 0 amide bonds. The van der Waals surface area contributed by atoms with Crippen molar-refractivity contribution in [3.63, 3.8) is 0 Å². The van der Waals surface area contributed by atoms with Gasteiger partial charge in [-0.25, -0.2) is 0 Å². The molecular formula is C17H24O. The van der Waals surface area contributed by atoms with Gasteiger partial charge < -0.3 is 5.11 Å². The summed E-state index contributed by atoms with van der Waals surface area (Å²) in [6.07, 6.45) is 11.1. The van der Waals surface area contributed by atoms with E-state index in [9.17, 15) is 5.11 Å². The van der Waals surface area contributed by atoms with Crippen molar-refractivity contribution in [3.05, 3.63) is 34.9 Å². The first kappa shape index (κ1) is 12.2. The molecule has 3 rings (SSSR count). The highest BCUT2D eigenvalue weighted by atomic mass is 16.3. The molecule has 1 saturated carbocycles. The van der Waals surface area contributed by atoms with Crippen LogP contribution in [0, 0.1) is 0 Å². The smallest absolute Gasteiger partial charge is 0.0792 e. The first-order chi connectivity index (χ1) is 8.84. The minimum absolute atomic E-state index is 0.217. The first-order valence-electron chi connectivity index (χ1n) is 7.65. The normalized spacial score (nSPS) is 25.5. The van der Waals surface area contributed by atoms with Crippen LogP contribution < -0.4 is 0 Å². The average Bonchev–Trinajstić information content (AvgIpc) is 2.62. The maximum Gasteiger partial charge on any atom is 0.0792 e. The van der Waals surface area contributed by atoms with Crippen molar-refractivity contribution in [2.75, 3.05) is 0 Å². The molecule has 0 radical (unpaired) electrons. The van der Waals surface area contributed by atoms with Gasteiger partial charge in [-0.3, -0.25) is 0 Å². The Hall–Kier alpha value is -0.820. The fourth-order valence-corrected chi connectivity index (χ4v) is 3.65. The Morgan fingerprint density at radius 1 is 0.889 bits per heavy atom. The van der Waals surface area contributed by atoms with Crippen LogP contribution in [0.15, 0.2) is 18.2 Å². The highest BCUT2D eigenvalue weighted by molar-refractivity contribution is 5.36. The molecule has 1 nitrogen and oxygen atoms in total. The maximum absolute atomic E-state index is 10.3. The van der Waals surface area contributed by atoms with Gasteiger partial charge in [0.25, 0.3) is 0 Å². The predicted octanol–water partition coefficient (Wildman–Crippen LogP) is 4.49. The lowest BCUT2D eigenvalue weighted by Gasteiger charge is -2.23. The van der Waals surface area contributed by atoms with Crippen LogP contribution in [0.1, 0.15) is 80.1 Å². The Bertz CT molecular complexity index is 404. The summed E-state index contributed by atoms with van der Waals surface area (Å²) < 4.78 is 0. The van der Waals surface area contributed by atoms with Crippen LogP contribution in [-0.2, 0) is 6.42 Å². The summed E-state index contributed by atoms with van der Waals surface area (Å²) in [5.41, 5.74) is 4.10. The molecule has 0 spiro atoms. The second-order valence-electron chi connectivity index (χ2n) is 6.05. The van der Waals surface area contributed by atoms with Gasteiger partial charge in [0.05, 0.1) is 6.10 Å². The van der Waals surface area contributed by atoms with Gasteiger partial charge in [0.1, 0.15) is 0 Å². The summed E-state index contributed by atoms with van der Waals surface area (Å²) in [6.45, 7) is 0. The third-order valence-corrected chi connectivity index (χ3v) is 4.78. The third kappa shape index (κ3) is 2.47. The fraction of sp³-hybridized carbons (Fsp3) is 0.647. The molecule has 1 atom stereocenters. The second kappa shape index (κ2) is 5.44. The van der Waals surface area contributed by atoms with E-state index >= 15 is 0 Å². The number of rotatable bonds is 1. The molecule has 0 heterocycles. The molecular weight excluding hydrogens is 220 g/mol. The number of hydrogen-bond donors (Lipinski definition) is 1. The molecule has 1 N–H and O–H groups in total. The summed E-state index contributed by atoms with van der Waals surface area (Å²) in [7, 11) is 0. The number of benzene rings is 1. The van der Waals surface area contributed by atoms with Gasteiger partial charge in [-0.15, -0.1) is 0 Å². The number of hydrogen-bond acceptors (Lipinski definition) is 1. The molecule has 2 aliphatic carbocycles. The lowest BCUT2D eigenvalue weighted by molar-refractivity contribution is 0.166. The fourth-order valence-electron chi connectivity index (χ4n) is 3.65. The van der Waals surface area contributed by atoms with E-state index in [1.54, 1.807) is 0 Å². The van der Waals surface area contributed by atoms with Gasteiger partial charge in [-0.2, -0.15) is 0 Å². The van der Waals surface area contributed by atoms with Crippen LogP contribution in [0.2, 0.25) is 0 Å². The van der Waals surface area contributed by atoms with E-state index in [-0.39, 0.29) is 6.10 Å². The largest absolute Gasteiger partial charge is 0.388 e. The highest BCUT2D eigenvalue weighted by Gasteiger charge is 2.20. The minimum Gasteiger partial charge on any atom is -0.388 e. The maximum atomic E-state index is 10.3. The Morgan fingerprint density at radius 3 is 2.50 bits per heavy atom. The van der Waals surface area contributed by atoms with Crippen molar-refractivity contribution in [3.8, 4) is 0 Å². The van der Waals surface area contributed by atoms with Gasteiger partial charge in [-0.05, 0) is 54.7 Å². The topological polar surface area (TPSA) is 20.2 Å². The summed E-state index contributed by atoms with van der Waals surface area (Å²) in [5, 5.41) is 10.3. The van der Waals surface area contributed by atoms with E-state index in [1.807, 2.05) is 0 Å². The SMILES string of the molecule is O[C@H]1CCCCc2ccc(C3CCCCC3)cc21. The zero-order chi connectivity index (χ0) is 12.4. The molecule has 1 aromatic carbocycles. The molecule has 1 fully saturated rings. The van der Waals surface area contributed by atoms with E-state index in [4.69, 9.17) is 0 Å². The third-order valence-electron chi connectivity index (χ3n) is 4.78. The van der Waals surface area contributed by atoms with Crippen molar-refractivity contribution < 1.29 is 5.11 Å². The average molecular weight is 244 g/mol. The van der Waals surface area contributed by atoms with Crippen molar-refractivity contribution >= 4 is 0 Å². The summed E-state index contributed by atoms with van der Waals surface area (Å²) in [6, 6.07) is 6.93. The van der Waals surface area contributed by atoms with Gasteiger partial charge >= 0.3 is 0 Å². The number of aliphatic hydroxyl groups excluding tert-OH is 1. The standard InChI is InChI=1S/C17H24O/c18-17-9-5-4-8-14-10-11-15(12-16(14)17)13-6-2-1-3-7-13/h10-13,17-18H,1-9H2/t17-/m0/s1. The first-order valence-corrected chi connectivity index (χ1v) is 7.65. The summed E-state index contributed by atoms with van der Waals surface area (Å²) in [4.78, 5) is 0. The van der Waals surface area contributed by atoms with E-state index < -0.39 is 0 Å². The molecule has 98 valence electrons. The molecule has 1 aromatic rings. The molecule has 18 heavy (non-hydrogen) atoms. The molecule has 1 heteroatoms. The Kier molecular flexibility index (Phi) is 3.69. The molecule has 0 bridgehead atoms. The van der Waals surface area contributed by atoms with E-state index in [0.29, 0.717) is 0 Å². The van der Waals surface area contributed by atoms with Crippen LogP contribution in [0.4, 0.5) is 0 Å². The Labute approximate surface area is 110 Å². The molecule has 0 unspecified atom stereocenters. The predicted molar refractivity (Wildman–Crippen MR) is 74.8 cm³/mol. The van der Waals surface area contributed by atoms with E-state index in [2.05, 4.69) is 18.2 Å². The van der Waals surface area contributed by atoms with Gasteiger partial charge in [0, 0.05) is 0 Å². The summed E-state index contributed by atoms with van der Waals surface area (Å²) in [5.74, 6) is 0.750. The zero-order valence-electron chi connectivity index (χ0n) is 11.2. The van der Waals surface area contributed by atoms with Crippen molar-refractivity contribution in [2.24, 2.45) is 0 Å². The van der Waals surface area contributed by atoms with Gasteiger partial charge in [0.15, 0.2) is 0 Å². The van der Waals surface area contributed by atoms with Crippen molar-refractivity contribution in [1.29, 1.82) is 0 Å². The molecule has 0 aliphatic heterocycles. The summed E-state index contributed by atoms with van der Waals surface area (Å²) >= 11 is 0. The van der Waals surface area contributed by atoms with Gasteiger partial charge in [-0.1, -0.05) is 43.9 Å². The Morgan fingerprint density at radius 2 is 1.67 bits per heavy atom. The Balaban J connectivity index is 1.88. The number of fused-ring (bicyclic) bond motifs is 1. The van der Waals surface area contributed by atoms with Crippen LogP contribution >= 0.6 is 0 Å². The van der Waals surface area contributed by atoms with Crippen molar-refractivity contribution in [2.45, 2.75) is 69.8 Å². The van der Waals surface area contributed by atoms with Gasteiger partial charge in [0.2, 0.25) is 0 Å². The number of aryl methyl sites for hydroxylation is 1. The molecule has 0 saturated heterocycles. The highest BCUT2D eigenvalue weighted by Crippen LogP contribution is 2.36. The monoisotopic (exact) mass is 244 g/mol. The quantitative estimate of drug-likeness (QED) is 0.721. The van der Waals surface area contributed by atoms with Crippen LogP contribution in [0.5, 0.6) is 0 Å². The van der Waals surface area contributed by atoms with E-state index in [0.717, 1.165) is 25.2 Å². The lowest BCUT2D eigenvalue weighted by Crippen LogP contribution is -2.07. The minimum atomic E-state index is -0.217. The van der Waals surface area contributed by atoms with Crippen LogP contribution in [0.3, 0.4) is 0 Å². The lowest BCUT2D eigenvalue weighted by atomic mass is 9.82. The molecule has 0 aromatic heterocycles. The van der Waals surface area contributed by atoms with E-state index in [1.165, 1.54) is 55.2 Å². The second-order valence-corrected chi connectivity index (χ2v) is 6.05. The van der Waals surface area contributed by atoms with Crippen LogP contribution in [0.25, 0.3) is 0 Å².